The van der Waals surface area contributed by atoms with Crippen molar-refractivity contribution in [2.24, 2.45) is 0 Å². The zero-order valence-electron chi connectivity index (χ0n) is 19.6. The second kappa shape index (κ2) is 9.01. The van der Waals surface area contributed by atoms with E-state index >= 15 is 0 Å². The van der Waals surface area contributed by atoms with Gasteiger partial charge in [-0.15, -0.1) is 0 Å². The van der Waals surface area contributed by atoms with Crippen molar-refractivity contribution in [2.75, 3.05) is 16.5 Å². The van der Waals surface area contributed by atoms with Crippen LogP contribution in [0.4, 0.5) is 11.4 Å². The molecular weight excluding hydrogens is 618 g/mol. The molecule has 1 aliphatic heterocycles. The number of alkyl halides is 2. The largest absolute Gasteiger partial charge is 0.325 e. The molecule has 0 unspecified atom stereocenters. The zero-order valence-corrected chi connectivity index (χ0v) is 23.9. The summed E-state index contributed by atoms with van der Waals surface area (Å²) in [7, 11) is 0. The Morgan fingerprint density at radius 2 is 1.19 bits per heavy atom. The van der Waals surface area contributed by atoms with Gasteiger partial charge in [0.1, 0.15) is 0 Å². The highest BCUT2D eigenvalue weighted by molar-refractivity contribution is 14.2. The van der Waals surface area contributed by atoms with Gasteiger partial charge >= 0.3 is 0 Å². The van der Waals surface area contributed by atoms with E-state index in [-0.39, 0.29) is 1.55 Å². The molecule has 2 nitrogen and oxygen atoms in total. The molecule has 4 rings (SSSR count). The van der Waals surface area contributed by atoms with Crippen molar-refractivity contribution < 1.29 is 0 Å². The SMILES string of the molecule is Cc1cc(C)c(N2CN(c3c(C)cc(C)cc3C)C(I)(I)C2=Cc2ccccc2)c(C)c1. The van der Waals surface area contributed by atoms with Crippen molar-refractivity contribution in [2.45, 2.75) is 43.1 Å². The van der Waals surface area contributed by atoms with Gasteiger partial charge in [0.25, 0.3) is 0 Å². The highest BCUT2D eigenvalue weighted by Gasteiger charge is 2.47. The summed E-state index contributed by atoms with van der Waals surface area (Å²) >= 11 is 5.27. The Morgan fingerprint density at radius 1 is 0.719 bits per heavy atom. The first-order valence-electron chi connectivity index (χ1n) is 11.0. The van der Waals surface area contributed by atoms with Gasteiger partial charge in [-0.2, -0.15) is 0 Å². The molecule has 0 saturated carbocycles. The Kier molecular flexibility index (Phi) is 6.65. The van der Waals surface area contributed by atoms with Gasteiger partial charge in [0.05, 0.1) is 12.4 Å². The second-order valence-corrected chi connectivity index (χ2v) is 14.2. The maximum absolute atomic E-state index is 2.64. The number of anilines is 2. The minimum absolute atomic E-state index is 0.222. The van der Waals surface area contributed by atoms with Crippen LogP contribution in [0.3, 0.4) is 0 Å². The van der Waals surface area contributed by atoms with Gasteiger partial charge in [0.2, 0.25) is 0 Å². The van der Waals surface area contributed by atoms with E-state index in [4.69, 9.17) is 0 Å². The molecule has 1 fully saturated rings. The lowest BCUT2D eigenvalue weighted by molar-refractivity contribution is 0.918. The lowest BCUT2D eigenvalue weighted by Crippen LogP contribution is -2.34. The third-order valence-corrected chi connectivity index (χ3v) is 8.40. The Morgan fingerprint density at radius 3 is 1.69 bits per heavy atom. The first kappa shape index (κ1) is 23.6. The maximum Gasteiger partial charge on any atom is 0.185 e. The smallest absolute Gasteiger partial charge is 0.185 e. The van der Waals surface area contributed by atoms with E-state index in [2.05, 4.69) is 157 Å². The molecule has 32 heavy (non-hydrogen) atoms. The number of hydrogen-bond acceptors (Lipinski definition) is 2. The third kappa shape index (κ3) is 4.32. The average Bonchev–Trinajstić information content (AvgIpc) is 2.92. The minimum atomic E-state index is -0.222. The van der Waals surface area contributed by atoms with Crippen LogP contribution in [-0.4, -0.2) is 8.22 Å². The number of benzene rings is 3. The number of aryl methyl sites for hydroxylation is 6. The summed E-state index contributed by atoms with van der Waals surface area (Å²) in [6.45, 7) is 14.1. The predicted octanol–water partition coefficient (Wildman–Crippen LogP) is 8.39. The molecule has 0 spiro atoms. The van der Waals surface area contributed by atoms with Gasteiger partial charge in [0, 0.05) is 11.4 Å². The van der Waals surface area contributed by atoms with Crippen LogP contribution in [-0.2, 0) is 0 Å². The van der Waals surface area contributed by atoms with E-state index in [9.17, 15) is 0 Å². The predicted molar refractivity (Wildman–Crippen MR) is 156 cm³/mol. The Hall–Kier alpha value is -1.54. The Balaban J connectivity index is 1.94. The summed E-state index contributed by atoms with van der Waals surface area (Å²) in [4.78, 5) is 5.08. The fraction of sp³-hybridized carbons (Fsp3) is 0.286. The molecule has 3 aromatic rings. The molecule has 3 aromatic carbocycles. The van der Waals surface area contributed by atoms with Crippen LogP contribution in [0.25, 0.3) is 6.08 Å². The topological polar surface area (TPSA) is 6.48 Å². The summed E-state index contributed by atoms with van der Waals surface area (Å²) < 4.78 is -0.222. The van der Waals surface area contributed by atoms with Gasteiger partial charge in [-0.1, -0.05) is 65.7 Å². The zero-order chi connectivity index (χ0) is 23.2. The fourth-order valence-corrected chi connectivity index (χ4v) is 6.76. The Labute approximate surface area is 220 Å². The number of halogens is 2. The number of rotatable bonds is 3. The first-order valence-corrected chi connectivity index (χ1v) is 13.1. The van der Waals surface area contributed by atoms with Crippen LogP contribution in [0.15, 0.2) is 60.3 Å². The van der Waals surface area contributed by atoms with Crippen molar-refractivity contribution in [1.82, 2.24) is 0 Å². The number of hydrogen-bond donors (Lipinski definition) is 0. The van der Waals surface area contributed by atoms with E-state index in [1.807, 2.05) is 0 Å². The molecule has 0 atom stereocenters. The van der Waals surface area contributed by atoms with Gasteiger partial charge in [-0.25, -0.2) is 0 Å². The molecule has 4 heteroatoms. The molecular formula is C28H30I2N2. The molecule has 0 N–H and O–H groups in total. The molecule has 0 bridgehead atoms. The molecule has 1 heterocycles. The molecule has 166 valence electrons. The summed E-state index contributed by atoms with van der Waals surface area (Å²) in [6, 6.07) is 19.9. The lowest BCUT2D eigenvalue weighted by atomic mass is 10.0. The van der Waals surface area contributed by atoms with Crippen molar-refractivity contribution in [1.29, 1.82) is 0 Å². The standard InChI is InChI=1S/C28H30I2N2/c1-18-12-20(3)26(21(4)13-18)31-17-32(27-22(5)14-19(2)15-23(27)6)28(29,30)25(31)16-24-10-8-7-9-11-24/h7-16H,17H2,1-6H3. The highest BCUT2D eigenvalue weighted by Crippen LogP contribution is 2.52. The van der Waals surface area contributed by atoms with E-state index in [0.29, 0.717) is 0 Å². The van der Waals surface area contributed by atoms with E-state index in [1.165, 1.54) is 56.0 Å². The van der Waals surface area contributed by atoms with Crippen LogP contribution in [0.2, 0.25) is 0 Å². The van der Waals surface area contributed by atoms with E-state index in [0.717, 1.165) is 6.67 Å². The van der Waals surface area contributed by atoms with Crippen LogP contribution in [0.5, 0.6) is 0 Å². The van der Waals surface area contributed by atoms with Crippen LogP contribution in [0.1, 0.15) is 38.9 Å². The van der Waals surface area contributed by atoms with Gasteiger partial charge in [-0.05, 0) is 121 Å². The Bertz CT molecular complexity index is 1150. The second-order valence-electron chi connectivity index (χ2n) is 8.97. The number of nitrogens with zero attached hydrogens (tertiary/aromatic N) is 2. The molecule has 0 radical (unpaired) electrons. The molecule has 1 saturated heterocycles. The summed E-state index contributed by atoms with van der Waals surface area (Å²) in [6.07, 6.45) is 2.36. The third-order valence-electron chi connectivity index (χ3n) is 6.13. The average molecular weight is 648 g/mol. The van der Waals surface area contributed by atoms with E-state index < -0.39 is 0 Å². The maximum atomic E-state index is 2.64. The van der Waals surface area contributed by atoms with Gasteiger partial charge in [0.15, 0.2) is 1.55 Å². The minimum Gasteiger partial charge on any atom is -0.325 e. The lowest BCUT2D eigenvalue weighted by Gasteiger charge is -2.32. The van der Waals surface area contributed by atoms with Crippen molar-refractivity contribution in [3.05, 3.63) is 99.2 Å². The summed E-state index contributed by atoms with van der Waals surface area (Å²) in [5.74, 6) is 0. The highest BCUT2D eigenvalue weighted by atomic mass is 127. The normalized spacial score (nSPS) is 16.8. The molecule has 0 amide bonds. The quantitative estimate of drug-likeness (QED) is 0.160. The monoisotopic (exact) mass is 648 g/mol. The fourth-order valence-electron chi connectivity index (χ4n) is 5.08. The first-order chi connectivity index (χ1) is 15.1. The van der Waals surface area contributed by atoms with E-state index in [1.54, 1.807) is 0 Å². The van der Waals surface area contributed by atoms with Crippen LogP contribution >= 0.6 is 45.2 Å². The molecule has 0 aromatic heterocycles. The summed E-state index contributed by atoms with van der Waals surface area (Å²) in [5.41, 5.74) is 13.1. The van der Waals surface area contributed by atoms with Gasteiger partial charge < -0.3 is 9.80 Å². The summed E-state index contributed by atoms with van der Waals surface area (Å²) in [5, 5.41) is 0. The molecule has 1 aliphatic rings. The van der Waals surface area contributed by atoms with Crippen molar-refractivity contribution >= 4 is 62.6 Å². The molecule has 0 aliphatic carbocycles. The van der Waals surface area contributed by atoms with Gasteiger partial charge in [-0.3, -0.25) is 0 Å². The van der Waals surface area contributed by atoms with Crippen molar-refractivity contribution in [3.8, 4) is 0 Å². The van der Waals surface area contributed by atoms with Crippen LogP contribution in [0, 0.1) is 41.5 Å². The van der Waals surface area contributed by atoms with Crippen LogP contribution < -0.4 is 9.80 Å². The van der Waals surface area contributed by atoms with Crippen molar-refractivity contribution in [3.63, 3.8) is 0 Å².